The summed E-state index contributed by atoms with van der Waals surface area (Å²) >= 11 is 3.24. The summed E-state index contributed by atoms with van der Waals surface area (Å²) in [5.41, 5.74) is 2.27. The zero-order valence-corrected chi connectivity index (χ0v) is 20.1. The maximum atomic E-state index is 13.9. The van der Waals surface area contributed by atoms with Crippen molar-refractivity contribution in [1.82, 2.24) is 5.32 Å². The third-order valence-corrected chi connectivity index (χ3v) is 7.79. The number of carbonyl (C=O) groups is 2. The van der Waals surface area contributed by atoms with Crippen molar-refractivity contribution in [2.24, 2.45) is 0 Å². The number of hydrogen-bond acceptors (Lipinski definition) is 5. The number of hydrogen-bond donors (Lipinski definition) is 1. The van der Waals surface area contributed by atoms with Crippen LogP contribution in [0.1, 0.15) is 28.1 Å². The number of benzene rings is 3. The van der Waals surface area contributed by atoms with Crippen molar-refractivity contribution in [2.45, 2.75) is 18.2 Å². The monoisotopic (exact) mass is 477 g/mol. The van der Waals surface area contributed by atoms with Crippen molar-refractivity contribution >= 4 is 45.4 Å². The van der Waals surface area contributed by atoms with Crippen LogP contribution in [0, 0.1) is 0 Å². The van der Waals surface area contributed by atoms with Crippen LogP contribution in [-0.2, 0) is 4.79 Å². The highest BCUT2D eigenvalue weighted by atomic mass is 32.2. The highest BCUT2D eigenvalue weighted by Crippen LogP contribution is 2.42. The molecule has 1 heterocycles. The molecular formula is C26H25N2O3S2+. The van der Waals surface area contributed by atoms with Gasteiger partial charge in [-0.15, -0.1) is 4.58 Å². The fourth-order valence-corrected chi connectivity index (χ4v) is 6.27. The van der Waals surface area contributed by atoms with Crippen LogP contribution in [0.2, 0.25) is 0 Å². The smallest absolute Gasteiger partial charge is 0.418 e. The van der Waals surface area contributed by atoms with E-state index < -0.39 is 6.04 Å². The fourth-order valence-electron chi connectivity index (χ4n) is 3.63. The highest BCUT2D eigenvalue weighted by molar-refractivity contribution is 8.38. The van der Waals surface area contributed by atoms with Crippen LogP contribution in [0.5, 0.6) is 5.75 Å². The molecule has 0 aromatic heterocycles. The molecule has 5 nitrogen and oxygen atoms in total. The molecule has 0 bridgehead atoms. The molecule has 3 aromatic rings. The van der Waals surface area contributed by atoms with Gasteiger partial charge in [-0.1, -0.05) is 55.5 Å². The molecule has 3 aromatic carbocycles. The van der Waals surface area contributed by atoms with Gasteiger partial charge in [-0.05, 0) is 53.4 Å². The number of thioether (sulfide) groups is 2. The van der Waals surface area contributed by atoms with Crippen LogP contribution < -0.4 is 10.1 Å². The number of ether oxygens (including phenoxy) is 1. The average molecular weight is 478 g/mol. The minimum absolute atomic E-state index is 0.159. The van der Waals surface area contributed by atoms with E-state index in [-0.39, 0.29) is 17.1 Å². The Hall–Kier alpha value is -3.03. The molecule has 0 fully saturated rings. The van der Waals surface area contributed by atoms with Gasteiger partial charge in [0.1, 0.15) is 5.75 Å². The minimum atomic E-state index is -0.728. The third kappa shape index (κ3) is 5.15. The first-order valence-corrected chi connectivity index (χ1v) is 12.5. The van der Waals surface area contributed by atoms with Gasteiger partial charge in [0, 0.05) is 23.4 Å². The molecule has 1 aliphatic heterocycles. The SMILES string of the molecule is CCSC1=[N+](c2ccc(OC)cc2)C(=O)[C@@H](NC(=O)c2ccccc2)[C@@H](c2ccccc2)S1. The molecular weight excluding hydrogens is 452 g/mol. The summed E-state index contributed by atoms with van der Waals surface area (Å²) in [4.78, 5) is 27.0. The summed E-state index contributed by atoms with van der Waals surface area (Å²) in [6.07, 6.45) is 0. The van der Waals surface area contributed by atoms with E-state index >= 15 is 0 Å². The minimum Gasteiger partial charge on any atom is -0.497 e. The van der Waals surface area contributed by atoms with Crippen LogP contribution in [0.25, 0.3) is 0 Å². The normalized spacial score (nSPS) is 18.2. The molecule has 33 heavy (non-hydrogen) atoms. The molecule has 0 aliphatic carbocycles. The van der Waals surface area contributed by atoms with Crippen LogP contribution in [0.15, 0.2) is 84.9 Å². The first-order chi connectivity index (χ1) is 16.1. The molecule has 0 saturated carbocycles. The van der Waals surface area contributed by atoms with Crippen molar-refractivity contribution < 1.29 is 18.9 Å². The van der Waals surface area contributed by atoms with Gasteiger partial charge in [0.15, 0.2) is 6.04 Å². The highest BCUT2D eigenvalue weighted by Gasteiger charge is 2.47. The van der Waals surface area contributed by atoms with Gasteiger partial charge in [-0.25, -0.2) is 4.79 Å². The quantitative estimate of drug-likeness (QED) is 0.491. The summed E-state index contributed by atoms with van der Waals surface area (Å²) in [6, 6.07) is 25.5. The number of methoxy groups -OCH3 is 1. The molecule has 1 N–H and O–H groups in total. The molecule has 2 amide bonds. The van der Waals surface area contributed by atoms with Gasteiger partial charge in [0.2, 0.25) is 5.69 Å². The van der Waals surface area contributed by atoms with Crippen molar-refractivity contribution in [3.05, 3.63) is 96.1 Å². The Labute approximate surface area is 202 Å². The lowest BCUT2D eigenvalue weighted by Gasteiger charge is -2.28. The van der Waals surface area contributed by atoms with E-state index in [4.69, 9.17) is 4.74 Å². The molecule has 1 aliphatic rings. The Bertz CT molecular complexity index is 1150. The van der Waals surface area contributed by atoms with Crippen molar-refractivity contribution in [1.29, 1.82) is 0 Å². The number of nitrogens with zero attached hydrogens (tertiary/aromatic N) is 1. The van der Waals surface area contributed by atoms with Crippen LogP contribution >= 0.6 is 23.5 Å². The summed E-state index contributed by atoms with van der Waals surface area (Å²) < 4.78 is 7.89. The molecule has 0 saturated heterocycles. The number of rotatable bonds is 6. The van der Waals surface area contributed by atoms with E-state index in [1.807, 2.05) is 72.8 Å². The van der Waals surface area contributed by atoms with E-state index in [9.17, 15) is 9.59 Å². The molecule has 7 heteroatoms. The lowest BCUT2D eigenvalue weighted by molar-refractivity contribution is -0.365. The second-order valence-corrected chi connectivity index (χ2v) is 9.98. The van der Waals surface area contributed by atoms with Gasteiger partial charge in [-0.2, -0.15) is 0 Å². The lowest BCUT2D eigenvalue weighted by atomic mass is 10.0. The Kier molecular flexibility index (Phi) is 7.52. The van der Waals surface area contributed by atoms with Gasteiger partial charge in [0.05, 0.1) is 12.4 Å². The second-order valence-electron chi connectivity index (χ2n) is 7.34. The van der Waals surface area contributed by atoms with Crippen LogP contribution in [0.4, 0.5) is 5.69 Å². The first kappa shape index (κ1) is 23.1. The lowest BCUT2D eigenvalue weighted by Crippen LogP contribution is -2.50. The van der Waals surface area contributed by atoms with Gasteiger partial charge >= 0.3 is 5.91 Å². The predicted molar refractivity (Wildman–Crippen MR) is 136 cm³/mol. The van der Waals surface area contributed by atoms with Gasteiger partial charge in [0.25, 0.3) is 10.3 Å². The largest absolute Gasteiger partial charge is 0.497 e. The molecule has 168 valence electrons. The Morgan fingerprint density at radius 1 is 1.00 bits per heavy atom. The molecule has 4 rings (SSSR count). The van der Waals surface area contributed by atoms with Crippen LogP contribution in [0.3, 0.4) is 0 Å². The molecule has 0 radical (unpaired) electrons. The predicted octanol–water partition coefficient (Wildman–Crippen LogP) is 5.26. The van der Waals surface area contributed by atoms with Crippen molar-refractivity contribution in [2.75, 3.05) is 12.9 Å². The molecule has 0 spiro atoms. The summed E-state index contributed by atoms with van der Waals surface area (Å²) in [5.74, 6) is 1.12. The van der Waals surface area contributed by atoms with Gasteiger partial charge in [-0.3, -0.25) is 4.79 Å². The topological polar surface area (TPSA) is 58.4 Å². The Balaban J connectivity index is 1.77. The first-order valence-electron chi connectivity index (χ1n) is 10.7. The standard InChI is InChI=1S/C26H24N2O3S2/c1-3-32-26-28(20-14-16-21(31-2)17-15-20)25(30)22(23(33-26)18-10-6-4-7-11-18)27-24(29)19-12-8-5-9-13-19/h4-17,22-23H,3H2,1-2H3/p+1/t22-,23+/m0/s1. The summed E-state index contributed by atoms with van der Waals surface area (Å²) in [7, 11) is 1.61. The van der Waals surface area contributed by atoms with E-state index in [0.29, 0.717) is 5.56 Å². The summed E-state index contributed by atoms with van der Waals surface area (Å²) in [6.45, 7) is 2.07. The number of carbonyl (C=O) groups excluding carboxylic acids is 2. The van der Waals surface area contributed by atoms with Crippen molar-refractivity contribution in [3.8, 4) is 5.75 Å². The molecule has 2 atom stereocenters. The number of amides is 2. The summed E-state index contributed by atoms with van der Waals surface area (Å²) in [5, 5.41) is 2.78. The fraction of sp³-hybridized carbons (Fsp3) is 0.192. The van der Waals surface area contributed by atoms with Crippen molar-refractivity contribution in [3.63, 3.8) is 0 Å². The number of nitrogens with one attached hydrogen (secondary N) is 1. The maximum Gasteiger partial charge on any atom is 0.418 e. The zero-order chi connectivity index (χ0) is 23.2. The van der Waals surface area contributed by atoms with Crippen LogP contribution in [-0.4, -0.2) is 39.7 Å². The van der Waals surface area contributed by atoms with Gasteiger partial charge < -0.3 is 10.1 Å². The Morgan fingerprint density at radius 3 is 2.24 bits per heavy atom. The molecule has 0 unspecified atom stereocenters. The average Bonchev–Trinajstić information content (AvgIpc) is 2.87. The van der Waals surface area contributed by atoms with E-state index in [1.54, 1.807) is 47.3 Å². The third-order valence-electron chi connectivity index (χ3n) is 5.25. The zero-order valence-electron chi connectivity index (χ0n) is 18.4. The van der Waals surface area contributed by atoms with E-state index in [2.05, 4.69) is 12.2 Å². The van der Waals surface area contributed by atoms with E-state index in [1.165, 1.54) is 0 Å². The van der Waals surface area contributed by atoms with E-state index in [0.717, 1.165) is 27.1 Å². The second kappa shape index (κ2) is 10.7. The Morgan fingerprint density at radius 2 is 1.64 bits per heavy atom. The maximum absolute atomic E-state index is 13.9.